The number of rotatable bonds is 3. The van der Waals surface area contributed by atoms with Gasteiger partial charge in [0.25, 0.3) is 0 Å². The van der Waals surface area contributed by atoms with Crippen LogP contribution in [0.2, 0.25) is 0 Å². The first-order valence-corrected chi connectivity index (χ1v) is 4.40. The molecule has 11 heavy (non-hydrogen) atoms. The minimum Gasteiger partial charge on any atom is -0.343 e. The van der Waals surface area contributed by atoms with E-state index in [0.29, 0.717) is 6.54 Å². The van der Waals surface area contributed by atoms with Gasteiger partial charge in [0.1, 0.15) is 5.50 Å². The van der Waals surface area contributed by atoms with Gasteiger partial charge < -0.3 is 10.6 Å². The zero-order valence-electron chi connectivity index (χ0n) is 6.08. The maximum Gasteiger partial charge on any atom is 0.159 e. The van der Waals surface area contributed by atoms with Crippen molar-refractivity contribution in [3.63, 3.8) is 0 Å². The molecule has 0 aromatic heterocycles. The predicted octanol–water partition coefficient (Wildman–Crippen LogP) is 0.809. The lowest BCUT2D eigenvalue weighted by Gasteiger charge is -2.19. The number of aliphatic imine (C=N–C) groups is 1. The number of hydrogen-bond donors (Lipinski definition) is 1. The molecular weight excluding hydrogens is 185 g/mol. The normalized spacial score (nSPS) is 29.9. The standard InChI is InChI=1S/C6H11Cl2N3/c7-5-6(8)11(4-10-5)3-1-2-9/h4-6H,1-3,9H2. The second kappa shape index (κ2) is 4.14. The molecule has 0 spiro atoms. The van der Waals surface area contributed by atoms with Crippen LogP contribution >= 0.6 is 23.2 Å². The fourth-order valence-corrected chi connectivity index (χ4v) is 1.31. The van der Waals surface area contributed by atoms with Crippen LogP contribution in [0.15, 0.2) is 4.99 Å². The van der Waals surface area contributed by atoms with E-state index in [0.717, 1.165) is 13.0 Å². The van der Waals surface area contributed by atoms with Crippen LogP contribution in [0, 0.1) is 0 Å². The van der Waals surface area contributed by atoms with Gasteiger partial charge in [0.05, 0.1) is 6.34 Å². The van der Waals surface area contributed by atoms with Crippen molar-refractivity contribution in [3.8, 4) is 0 Å². The van der Waals surface area contributed by atoms with Gasteiger partial charge >= 0.3 is 0 Å². The molecule has 0 bridgehead atoms. The van der Waals surface area contributed by atoms with Gasteiger partial charge in [-0.3, -0.25) is 4.99 Å². The van der Waals surface area contributed by atoms with Crippen LogP contribution in [0.4, 0.5) is 0 Å². The molecule has 0 saturated heterocycles. The van der Waals surface area contributed by atoms with Crippen LogP contribution in [-0.4, -0.2) is 35.3 Å². The van der Waals surface area contributed by atoms with E-state index in [4.69, 9.17) is 28.9 Å². The van der Waals surface area contributed by atoms with Crippen molar-refractivity contribution in [2.75, 3.05) is 13.1 Å². The van der Waals surface area contributed by atoms with Crippen molar-refractivity contribution >= 4 is 29.5 Å². The first-order chi connectivity index (χ1) is 5.25. The number of halogens is 2. The Morgan fingerprint density at radius 1 is 1.55 bits per heavy atom. The summed E-state index contributed by atoms with van der Waals surface area (Å²) in [6.45, 7) is 1.50. The lowest BCUT2D eigenvalue weighted by atomic mass is 10.4. The van der Waals surface area contributed by atoms with E-state index < -0.39 is 0 Å². The monoisotopic (exact) mass is 195 g/mol. The van der Waals surface area contributed by atoms with E-state index in [-0.39, 0.29) is 11.0 Å². The molecule has 0 aliphatic carbocycles. The van der Waals surface area contributed by atoms with Gasteiger partial charge in [-0.2, -0.15) is 0 Å². The predicted molar refractivity (Wildman–Crippen MR) is 48.2 cm³/mol. The summed E-state index contributed by atoms with van der Waals surface area (Å²) in [4.78, 5) is 5.84. The molecule has 3 nitrogen and oxygen atoms in total. The average Bonchev–Trinajstić information content (AvgIpc) is 2.31. The topological polar surface area (TPSA) is 41.6 Å². The van der Waals surface area contributed by atoms with Crippen LogP contribution in [0.25, 0.3) is 0 Å². The molecule has 1 heterocycles. The third-order valence-electron chi connectivity index (χ3n) is 1.52. The van der Waals surface area contributed by atoms with Crippen LogP contribution < -0.4 is 5.73 Å². The van der Waals surface area contributed by atoms with Crippen LogP contribution in [0.5, 0.6) is 0 Å². The van der Waals surface area contributed by atoms with Gasteiger partial charge in [0.15, 0.2) is 5.50 Å². The number of nitrogens with zero attached hydrogens (tertiary/aromatic N) is 2. The highest BCUT2D eigenvalue weighted by atomic mass is 35.5. The van der Waals surface area contributed by atoms with Gasteiger partial charge in [0, 0.05) is 6.54 Å². The molecule has 0 fully saturated rings. The summed E-state index contributed by atoms with van der Waals surface area (Å²) in [5.74, 6) is 0. The second-order valence-corrected chi connectivity index (χ2v) is 3.28. The van der Waals surface area contributed by atoms with Crippen molar-refractivity contribution < 1.29 is 0 Å². The summed E-state index contributed by atoms with van der Waals surface area (Å²) in [7, 11) is 0. The highest BCUT2D eigenvalue weighted by Crippen LogP contribution is 2.20. The van der Waals surface area contributed by atoms with Gasteiger partial charge in [0.2, 0.25) is 0 Å². The van der Waals surface area contributed by atoms with Crippen molar-refractivity contribution in [2.24, 2.45) is 10.7 Å². The Morgan fingerprint density at radius 3 is 2.73 bits per heavy atom. The molecule has 1 aliphatic heterocycles. The third-order valence-corrected chi connectivity index (χ3v) is 2.49. The molecule has 2 N–H and O–H groups in total. The maximum atomic E-state index is 5.89. The van der Waals surface area contributed by atoms with Gasteiger partial charge in [-0.05, 0) is 13.0 Å². The zero-order chi connectivity index (χ0) is 8.27. The number of alkyl halides is 2. The molecule has 0 saturated carbocycles. The van der Waals surface area contributed by atoms with E-state index in [9.17, 15) is 0 Å². The van der Waals surface area contributed by atoms with E-state index in [1.807, 2.05) is 4.90 Å². The third kappa shape index (κ3) is 2.22. The fourth-order valence-electron chi connectivity index (χ4n) is 0.897. The Kier molecular flexibility index (Phi) is 3.43. The summed E-state index contributed by atoms with van der Waals surface area (Å²) < 4.78 is 0. The average molecular weight is 196 g/mol. The van der Waals surface area contributed by atoms with Crippen LogP contribution in [-0.2, 0) is 0 Å². The highest BCUT2D eigenvalue weighted by molar-refractivity contribution is 6.31. The largest absolute Gasteiger partial charge is 0.343 e. The lowest BCUT2D eigenvalue weighted by molar-refractivity contribution is 0.415. The van der Waals surface area contributed by atoms with Gasteiger partial charge in [-0.1, -0.05) is 23.2 Å². The maximum absolute atomic E-state index is 5.89. The first kappa shape index (κ1) is 9.10. The van der Waals surface area contributed by atoms with Gasteiger partial charge in [-0.25, -0.2) is 0 Å². The summed E-state index contributed by atoms with van der Waals surface area (Å²) >= 11 is 11.6. The summed E-state index contributed by atoms with van der Waals surface area (Å²) in [6, 6.07) is 0. The molecule has 5 heteroatoms. The molecule has 0 radical (unpaired) electrons. The molecule has 0 aromatic rings. The highest BCUT2D eigenvalue weighted by Gasteiger charge is 2.25. The summed E-state index contributed by atoms with van der Waals surface area (Å²) in [5.41, 5.74) is 4.82. The Morgan fingerprint density at radius 2 is 2.27 bits per heavy atom. The molecule has 2 atom stereocenters. The first-order valence-electron chi connectivity index (χ1n) is 3.53. The van der Waals surface area contributed by atoms with Crippen molar-refractivity contribution in [1.82, 2.24) is 4.90 Å². The zero-order valence-corrected chi connectivity index (χ0v) is 7.59. The van der Waals surface area contributed by atoms with Crippen molar-refractivity contribution in [1.29, 1.82) is 0 Å². The SMILES string of the molecule is NCCCN1C=NC(Cl)C1Cl. The molecule has 1 rings (SSSR count). The van der Waals surface area contributed by atoms with Crippen molar-refractivity contribution in [3.05, 3.63) is 0 Å². The minimum absolute atomic E-state index is 0.205. The number of hydrogen-bond acceptors (Lipinski definition) is 3. The number of nitrogens with two attached hydrogens (primary N) is 1. The minimum atomic E-state index is -0.311. The van der Waals surface area contributed by atoms with Crippen LogP contribution in [0.3, 0.4) is 0 Å². The summed E-state index contributed by atoms with van der Waals surface area (Å²) in [5, 5.41) is 0. The van der Waals surface area contributed by atoms with E-state index >= 15 is 0 Å². The molecule has 0 amide bonds. The molecule has 2 unspecified atom stereocenters. The molecule has 64 valence electrons. The molecule has 1 aliphatic rings. The van der Waals surface area contributed by atoms with E-state index in [1.54, 1.807) is 6.34 Å². The quantitative estimate of drug-likeness (QED) is 0.536. The van der Waals surface area contributed by atoms with E-state index in [1.165, 1.54) is 0 Å². The van der Waals surface area contributed by atoms with Crippen molar-refractivity contribution in [2.45, 2.75) is 17.4 Å². The Hall–Kier alpha value is 0.01000. The Balaban J connectivity index is 2.31. The molecule has 0 aromatic carbocycles. The van der Waals surface area contributed by atoms with Crippen LogP contribution in [0.1, 0.15) is 6.42 Å². The summed E-state index contributed by atoms with van der Waals surface area (Å²) in [6.07, 6.45) is 2.60. The Bertz CT molecular complexity index is 151. The molecular formula is C6H11Cl2N3. The second-order valence-electron chi connectivity index (χ2n) is 2.39. The van der Waals surface area contributed by atoms with E-state index in [2.05, 4.69) is 4.99 Å². The lowest BCUT2D eigenvalue weighted by Crippen LogP contribution is -2.31. The van der Waals surface area contributed by atoms with Gasteiger partial charge in [-0.15, -0.1) is 0 Å². The Labute approximate surface area is 76.2 Å². The smallest absolute Gasteiger partial charge is 0.159 e. The fraction of sp³-hybridized carbons (Fsp3) is 0.833.